The maximum absolute atomic E-state index is 14.9. The van der Waals surface area contributed by atoms with E-state index in [0.717, 1.165) is 12.1 Å². The number of benzene rings is 2. The van der Waals surface area contributed by atoms with Gasteiger partial charge in [0.15, 0.2) is 22.6 Å². The first kappa shape index (κ1) is 42.1. The number of rotatable bonds is 18. The van der Waals surface area contributed by atoms with Crippen LogP contribution in [0.5, 0.6) is 5.75 Å². The predicted octanol–water partition coefficient (Wildman–Crippen LogP) is 6.60. The average molecular weight is 801 g/mol. The summed E-state index contributed by atoms with van der Waals surface area (Å²) in [5.74, 6) is -1.40. The minimum absolute atomic E-state index is 0.0307. The summed E-state index contributed by atoms with van der Waals surface area (Å²) in [6, 6.07) is 8.98. The average Bonchev–Trinajstić information content (AvgIpc) is 3.72. The number of terminal acetylenes is 1. The van der Waals surface area contributed by atoms with Crippen molar-refractivity contribution in [2.45, 2.75) is 96.3 Å². The molecule has 0 saturated carbocycles. The van der Waals surface area contributed by atoms with Crippen molar-refractivity contribution in [1.29, 1.82) is 0 Å². The normalized spacial score (nSPS) is 19.8. The molecular weight excluding hydrogens is 756 g/mol. The van der Waals surface area contributed by atoms with Crippen molar-refractivity contribution >= 4 is 36.7 Å². The smallest absolute Gasteiger partial charge is 0.459 e. The molecule has 3 N–H and O–H groups in total. The molecule has 5 atom stereocenters. The Hall–Kier alpha value is -5.01. The number of hydrogen-bond donors (Lipinski definition) is 2. The summed E-state index contributed by atoms with van der Waals surface area (Å²) in [7, 11) is -4.76. The van der Waals surface area contributed by atoms with Gasteiger partial charge in [-0.2, -0.15) is 19.4 Å². The largest absolute Gasteiger partial charge is 0.462 e. The highest BCUT2D eigenvalue weighted by atomic mass is 31.2. The van der Waals surface area contributed by atoms with E-state index in [1.54, 1.807) is 32.0 Å². The number of imidazole rings is 1. The molecule has 1 aliphatic heterocycles. The summed E-state index contributed by atoms with van der Waals surface area (Å²) in [4.78, 5) is 38.6. The van der Waals surface area contributed by atoms with Gasteiger partial charge in [-0.1, -0.05) is 50.8 Å². The number of nitrogen functional groups attached to an aromatic ring is 1. The molecule has 2 aromatic heterocycles. The Morgan fingerprint density at radius 3 is 2.39 bits per heavy atom. The van der Waals surface area contributed by atoms with E-state index in [4.69, 9.17) is 35.4 Å². The van der Waals surface area contributed by atoms with Gasteiger partial charge in [-0.15, -0.1) is 6.42 Å². The van der Waals surface area contributed by atoms with Gasteiger partial charge in [0, 0.05) is 12.5 Å². The summed E-state index contributed by atoms with van der Waals surface area (Å²) in [6.45, 7) is 6.28. The Balaban J connectivity index is 1.53. The molecule has 0 aliphatic carbocycles. The van der Waals surface area contributed by atoms with Gasteiger partial charge in [0.05, 0.1) is 18.3 Å². The van der Waals surface area contributed by atoms with Crippen molar-refractivity contribution in [3.8, 4) is 18.1 Å². The molecule has 4 unspecified atom stereocenters. The van der Waals surface area contributed by atoms with Crippen LogP contribution in [-0.4, -0.2) is 61.9 Å². The van der Waals surface area contributed by atoms with Crippen LogP contribution in [0, 0.1) is 36.0 Å². The fourth-order valence-electron chi connectivity index (χ4n) is 6.33. The minimum Gasteiger partial charge on any atom is -0.462 e. The molecule has 4 aromatic rings. The molecule has 1 saturated heterocycles. The maximum Gasteiger partial charge on any atom is 0.459 e. The highest BCUT2D eigenvalue weighted by Gasteiger charge is 2.53. The molecule has 5 rings (SSSR count). The third-order valence-corrected chi connectivity index (χ3v) is 10.4. The fraction of sp³-hybridized carbons (Fsp3) is 0.447. The molecule has 300 valence electrons. The van der Waals surface area contributed by atoms with E-state index < -0.39 is 86.4 Å². The lowest BCUT2D eigenvalue weighted by Gasteiger charge is -2.32. The third kappa shape index (κ3) is 10.2. The summed E-state index contributed by atoms with van der Waals surface area (Å²) < 4.78 is 88.8. The van der Waals surface area contributed by atoms with E-state index in [9.17, 15) is 27.3 Å². The molecule has 2 aromatic carbocycles. The lowest BCUT2D eigenvalue weighted by molar-refractivity contribution is -0.163. The van der Waals surface area contributed by atoms with Gasteiger partial charge in [-0.3, -0.25) is 18.7 Å². The van der Waals surface area contributed by atoms with Crippen molar-refractivity contribution in [2.24, 2.45) is 5.92 Å². The molecule has 18 heteroatoms. The molecule has 0 spiro atoms. The number of nitrogens with one attached hydrogen (secondary N) is 1. The molecule has 3 heterocycles. The number of ether oxygens (including phenoxy) is 3. The summed E-state index contributed by atoms with van der Waals surface area (Å²) >= 11 is 0. The first-order valence-electron chi connectivity index (χ1n) is 18.1. The number of nitrogens with two attached hydrogens (primary N) is 1. The Labute approximate surface area is 322 Å². The van der Waals surface area contributed by atoms with E-state index in [1.165, 1.54) is 23.0 Å². The Kier molecular flexibility index (Phi) is 13.8. The number of esters is 2. The van der Waals surface area contributed by atoms with Crippen LogP contribution < -0.4 is 15.3 Å². The Morgan fingerprint density at radius 2 is 1.77 bits per heavy atom. The second kappa shape index (κ2) is 18.3. The van der Waals surface area contributed by atoms with Gasteiger partial charge >= 0.3 is 25.8 Å². The van der Waals surface area contributed by atoms with E-state index in [2.05, 4.69) is 26.0 Å². The van der Waals surface area contributed by atoms with Crippen molar-refractivity contribution in [1.82, 2.24) is 24.6 Å². The number of para-hydroxylation sites is 1. The first-order valence-corrected chi connectivity index (χ1v) is 19.7. The standard InChI is InChI=1S/C38H44F3N6O8P/c1-6-12-25(13-7-2)35(48)53-30-20-31(47-22-43-32-33(42)44-37(41)45-34(32)47)54-38(30,8-3)21-51-56(50,55-28-14-10-9-11-15-28)46-29(36(49)52-23(4)5)18-24-16-26(39)19-27(40)17-24/h3,9-11,14-17,19,22-23,25,29-31H,6-7,12-13,18,20-21H2,1-2,4-5H3,(H,46,50)(H2,42,44,45)/t29?,30?,31?,38?,56-/m0/s1. The number of aromatic nitrogens is 4. The molecule has 0 amide bonds. The minimum atomic E-state index is -4.76. The zero-order valence-electron chi connectivity index (χ0n) is 31.3. The molecule has 1 fully saturated rings. The lowest BCUT2D eigenvalue weighted by atomic mass is 9.96. The van der Waals surface area contributed by atoms with E-state index >= 15 is 0 Å². The molecule has 1 aliphatic rings. The SMILES string of the molecule is C#CC1(CO[P@@](=O)(NC(Cc2cc(F)cc(F)c2)C(=O)OC(C)C)Oc2ccccc2)OC(n2cnc3c(N)nc(F)nc32)CC1OC(=O)C(CCC)CCC. The van der Waals surface area contributed by atoms with Gasteiger partial charge in [-0.25, -0.2) is 18.3 Å². The molecule has 0 radical (unpaired) electrons. The number of nitrogens with zero attached hydrogens (tertiary/aromatic N) is 4. The first-order chi connectivity index (χ1) is 26.7. The van der Waals surface area contributed by atoms with Crippen LogP contribution >= 0.6 is 7.75 Å². The number of fused-ring (bicyclic) bond motifs is 1. The van der Waals surface area contributed by atoms with Crippen LogP contribution in [0.3, 0.4) is 0 Å². The van der Waals surface area contributed by atoms with Crippen LogP contribution in [0.25, 0.3) is 11.2 Å². The highest BCUT2D eigenvalue weighted by molar-refractivity contribution is 7.52. The lowest BCUT2D eigenvalue weighted by Crippen LogP contribution is -2.46. The number of hydrogen-bond acceptors (Lipinski definition) is 12. The second-order valence-electron chi connectivity index (χ2n) is 13.6. The Bertz CT molecular complexity index is 2070. The molecule has 0 bridgehead atoms. The van der Waals surface area contributed by atoms with E-state index in [1.807, 2.05) is 13.8 Å². The zero-order valence-corrected chi connectivity index (χ0v) is 32.2. The van der Waals surface area contributed by atoms with Crippen molar-refractivity contribution in [2.75, 3.05) is 12.3 Å². The number of halogens is 3. The maximum atomic E-state index is 14.9. The summed E-state index contributed by atoms with van der Waals surface area (Å²) in [5, 5.41) is 2.59. The number of carbonyl (C=O) groups excluding carboxylic acids is 2. The van der Waals surface area contributed by atoms with E-state index in [0.29, 0.717) is 31.7 Å². The van der Waals surface area contributed by atoms with Crippen LogP contribution in [-0.2, 0) is 39.3 Å². The predicted molar refractivity (Wildman–Crippen MR) is 198 cm³/mol. The Morgan fingerprint density at radius 1 is 1.09 bits per heavy atom. The van der Waals surface area contributed by atoms with Gasteiger partial charge < -0.3 is 24.5 Å². The summed E-state index contributed by atoms with van der Waals surface area (Å²) in [6.07, 6.45) is 5.30. The van der Waals surface area contributed by atoms with Gasteiger partial charge in [0.1, 0.15) is 42.4 Å². The van der Waals surface area contributed by atoms with E-state index in [-0.39, 0.29) is 34.7 Å². The highest BCUT2D eigenvalue weighted by Crippen LogP contribution is 2.49. The summed E-state index contributed by atoms with van der Waals surface area (Å²) in [5.41, 5.74) is 3.98. The number of carbonyl (C=O) groups is 2. The third-order valence-electron chi connectivity index (χ3n) is 8.85. The van der Waals surface area contributed by atoms with Gasteiger partial charge in [0.2, 0.25) is 0 Å². The quantitative estimate of drug-likeness (QED) is 0.0476. The van der Waals surface area contributed by atoms with Crippen LogP contribution in [0.4, 0.5) is 19.0 Å². The van der Waals surface area contributed by atoms with Crippen LogP contribution in [0.2, 0.25) is 0 Å². The molecular formula is C38H44F3N6O8P. The van der Waals surface area contributed by atoms with Crippen molar-refractivity contribution < 1.29 is 50.6 Å². The van der Waals surface area contributed by atoms with Crippen molar-refractivity contribution in [3.63, 3.8) is 0 Å². The second-order valence-corrected chi connectivity index (χ2v) is 15.3. The fourth-order valence-corrected chi connectivity index (χ4v) is 7.85. The van der Waals surface area contributed by atoms with Gasteiger partial charge in [0.25, 0.3) is 0 Å². The molecule has 56 heavy (non-hydrogen) atoms. The van der Waals surface area contributed by atoms with Gasteiger partial charge in [-0.05, 0) is 62.9 Å². The van der Waals surface area contributed by atoms with Crippen LogP contribution in [0.1, 0.15) is 71.6 Å². The monoisotopic (exact) mass is 800 g/mol. The van der Waals surface area contributed by atoms with Crippen molar-refractivity contribution in [3.05, 3.63) is 78.1 Å². The topological polar surface area (TPSA) is 179 Å². The zero-order chi connectivity index (χ0) is 40.6. The van der Waals surface area contributed by atoms with Crippen LogP contribution in [0.15, 0.2) is 54.9 Å². The molecule has 14 nitrogen and oxygen atoms in total. The number of anilines is 1.